The van der Waals surface area contributed by atoms with Gasteiger partial charge in [-0.2, -0.15) is 0 Å². The molecule has 3 heterocycles. The molecule has 6 heteroatoms. The van der Waals surface area contributed by atoms with E-state index in [0.717, 1.165) is 10.0 Å². The number of carboxylic acids is 1. The molecule has 2 bridgehead atoms. The maximum absolute atomic E-state index is 12.9. The van der Waals surface area contributed by atoms with Gasteiger partial charge in [0.05, 0.1) is 24.6 Å². The van der Waals surface area contributed by atoms with Gasteiger partial charge < -0.3 is 14.7 Å². The Morgan fingerprint density at radius 2 is 2.13 bits per heavy atom. The number of fused-ring (bicyclic) bond motifs is 1. The maximum atomic E-state index is 12.9. The predicted octanol–water partition coefficient (Wildman–Crippen LogP) is 2.38. The number of halogens is 1. The van der Waals surface area contributed by atoms with Crippen molar-refractivity contribution in [2.45, 2.75) is 24.7 Å². The molecule has 1 aromatic rings. The van der Waals surface area contributed by atoms with E-state index in [2.05, 4.69) is 15.9 Å². The molecule has 3 aliphatic heterocycles. The zero-order valence-corrected chi connectivity index (χ0v) is 14.1. The highest BCUT2D eigenvalue weighted by atomic mass is 79.9. The molecular weight excluding hydrogens is 362 g/mol. The number of hydrogen-bond donors (Lipinski definition) is 1. The fourth-order valence-corrected chi connectivity index (χ4v) is 4.32. The summed E-state index contributed by atoms with van der Waals surface area (Å²) >= 11 is 3.40. The Morgan fingerprint density at radius 3 is 2.78 bits per heavy atom. The second kappa shape index (κ2) is 4.92. The van der Waals surface area contributed by atoms with E-state index >= 15 is 0 Å². The van der Waals surface area contributed by atoms with Gasteiger partial charge in [-0.25, -0.2) is 0 Å². The number of hydrogen-bond acceptors (Lipinski definition) is 3. The summed E-state index contributed by atoms with van der Waals surface area (Å²) in [7, 11) is 0. The molecule has 1 amide bonds. The topological polar surface area (TPSA) is 66.8 Å². The van der Waals surface area contributed by atoms with E-state index < -0.39 is 29.5 Å². The minimum atomic E-state index is -0.960. The van der Waals surface area contributed by atoms with Crippen molar-refractivity contribution in [3.05, 3.63) is 46.5 Å². The first-order chi connectivity index (χ1) is 10.9. The molecule has 120 valence electrons. The van der Waals surface area contributed by atoms with Gasteiger partial charge in [0.2, 0.25) is 5.91 Å². The SMILES string of the molecule is C[C@@H](c1ccc(Br)cc1)N1C[C@@]23C=C[C@H](O2)[C@@H](C(=O)O)[C@H]3C1=O. The van der Waals surface area contributed by atoms with Crippen LogP contribution >= 0.6 is 15.9 Å². The lowest BCUT2D eigenvalue weighted by Gasteiger charge is -2.27. The fourth-order valence-electron chi connectivity index (χ4n) is 4.06. The third kappa shape index (κ3) is 2.01. The lowest BCUT2D eigenvalue weighted by atomic mass is 9.77. The van der Waals surface area contributed by atoms with Crippen molar-refractivity contribution in [1.82, 2.24) is 4.90 Å². The first-order valence-electron chi connectivity index (χ1n) is 7.59. The number of rotatable bonds is 3. The number of aliphatic carboxylic acids is 1. The van der Waals surface area contributed by atoms with Gasteiger partial charge in [-0.1, -0.05) is 40.2 Å². The largest absolute Gasteiger partial charge is 0.481 e. The number of ether oxygens (including phenoxy) is 1. The summed E-state index contributed by atoms with van der Waals surface area (Å²) in [5, 5.41) is 9.48. The van der Waals surface area contributed by atoms with Crippen molar-refractivity contribution in [2.24, 2.45) is 11.8 Å². The first-order valence-corrected chi connectivity index (χ1v) is 8.38. The van der Waals surface area contributed by atoms with Gasteiger partial charge in [0.25, 0.3) is 0 Å². The number of carbonyl (C=O) groups is 2. The molecule has 0 aliphatic carbocycles. The highest BCUT2D eigenvalue weighted by Crippen LogP contribution is 2.53. The number of benzene rings is 1. The Bertz CT molecular complexity index is 716. The van der Waals surface area contributed by atoms with E-state index in [4.69, 9.17) is 4.74 Å². The van der Waals surface area contributed by atoms with E-state index in [1.807, 2.05) is 37.3 Å². The van der Waals surface area contributed by atoms with Crippen LogP contribution < -0.4 is 0 Å². The molecule has 5 atom stereocenters. The third-order valence-corrected chi connectivity index (χ3v) is 5.76. The number of likely N-dealkylation sites (tertiary alicyclic amines) is 1. The molecule has 1 aromatic carbocycles. The van der Waals surface area contributed by atoms with Gasteiger partial charge in [0.1, 0.15) is 11.5 Å². The maximum Gasteiger partial charge on any atom is 0.310 e. The standard InChI is InChI=1S/C17H16BrNO4/c1-9(10-2-4-11(18)5-3-10)19-8-17-7-6-12(23-17)13(16(21)22)14(17)15(19)20/h2-7,9,12-14H,8H2,1H3,(H,21,22)/t9-,12-,13+,14-,17+/m0/s1. The highest BCUT2D eigenvalue weighted by Gasteiger charge is 2.67. The minimum absolute atomic E-state index is 0.124. The quantitative estimate of drug-likeness (QED) is 0.821. The van der Waals surface area contributed by atoms with Crippen LogP contribution in [0.25, 0.3) is 0 Å². The zero-order chi connectivity index (χ0) is 16.4. The van der Waals surface area contributed by atoms with Crippen molar-refractivity contribution in [3.8, 4) is 0 Å². The first kappa shape index (κ1) is 14.9. The summed E-state index contributed by atoms with van der Waals surface area (Å²) in [5.74, 6) is -2.49. The normalized spacial score (nSPS) is 35.7. The molecule has 0 saturated carbocycles. The molecule has 4 rings (SSSR count). The molecular formula is C17H16BrNO4. The Balaban J connectivity index is 1.66. The number of amides is 1. The van der Waals surface area contributed by atoms with Crippen LogP contribution in [-0.2, 0) is 14.3 Å². The lowest BCUT2D eigenvalue weighted by Crippen LogP contribution is -2.39. The predicted molar refractivity (Wildman–Crippen MR) is 85.6 cm³/mol. The van der Waals surface area contributed by atoms with Crippen LogP contribution in [0, 0.1) is 11.8 Å². The Hall–Kier alpha value is -1.66. The van der Waals surface area contributed by atoms with E-state index in [1.165, 1.54) is 0 Å². The Morgan fingerprint density at radius 1 is 1.43 bits per heavy atom. The summed E-state index contributed by atoms with van der Waals surface area (Å²) in [6, 6.07) is 7.69. The van der Waals surface area contributed by atoms with Crippen LogP contribution in [-0.4, -0.2) is 40.1 Å². The number of carbonyl (C=O) groups excluding carboxylic acids is 1. The number of nitrogens with zero attached hydrogens (tertiary/aromatic N) is 1. The van der Waals surface area contributed by atoms with Gasteiger partial charge in [0.15, 0.2) is 0 Å². The van der Waals surface area contributed by atoms with E-state index in [0.29, 0.717) is 6.54 Å². The summed E-state index contributed by atoms with van der Waals surface area (Å²) in [6.07, 6.45) is 3.19. The zero-order valence-electron chi connectivity index (χ0n) is 12.5. The van der Waals surface area contributed by atoms with Crippen LogP contribution in [0.5, 0.6) is 0 Å². The van der Waals surface area contributed by atoms with Gasteiger partial charge >= 0.3 is 5.97 Å². The lowest BCUT2D eigenvalue weighted by molar-refractivity contribution is -0.148. The molecule has 23 heavy (non-hydrogen) atoms. The Labute approximate surface area is 142 Å². The van der Waals surface area contributed by atoms with Gasteiger partial charge in [-0.3, -0.25) is 9.59 Å². The summed E-state index contributed by atoms with van der Waals surface area (Å²) in [4.78, 5) is 26.2. The second-order valence-corrected chi connectivity index (χ2v) is 7.35. The molecule has 1 N–H and O–H groups in total. The average Bonchev–Trinajstić information content (AvgIpc) is 3.15. The monoisotopic (exact) mass is 377 g/mol. The fraction of sp³-hybridized carbons (Fsp3) is 0.412. The summed E-state index contributed by atoms with van der Waals surface area (Å²) < 4.78 is 6.88. The Kier molecular flexibility index (Phi) is 3.19. The molecule has 0 unspecified atom stereocenters. The van der Waals surface area contributed by atoms with Crippen molar-refractivity contribution in [1.29, 1.82) is 0 Å². The minimum Gasteiger partial charge on any atom is -0.481 e. The van der Waals surface area contributed by atoms with Crippen molar-refractivity contribution in [2.75, 3.05) is 6.54 Å². The van der Waals surface area contributed by atoms with E-state index in [1.54, 1.807) is 11.0 Å². The van der Waals surface area contributed by atoms with Crippen LogP contribution in [0.2, 0.25) is 0 Å². The van der Waals surface area contributed by atoms with Gasteiger partial charge in [-0.05, 0) is 24.6 Å². The number of carboxylic acid groups (broad SMARTS) is 1. The van der Waals surface area contributed by atoms with Crippen molar-refractivity contribution in [3.63, 3.8) is 0 Å². The average molecular weight is 378 g/mol. The molecule has 0 aromatic heterocycles. The molecule has 0 radical (unpaired) electrons. The van der Waals surface area contributed by atoms with Crippen LogP contribution in [0.1, 0.15) is 18.5 Å². The summed E-state index contributed by atoms with van der Waals surface area (Å²) in [6.45, 7) is 2.37. The smallest absolute Gasteiger partial charge is 0.310 e. The van der Waals surface area contributed by atoms with E-state index in [9.17, 15) is 14.7 Å². The van der Waals surface area contributed by atoms with Gasteiger partial charge in [-0.15, -0.1) is 0 Å². The molecule has 3 aliphatic rings. The molecule has 2 saturated heterocycles. The van der Waals surface area contributed by atoms with Gasteiger partial charge in [0, 0.05) is 4.47 Å². The van der Waals surface area contributed by atoms with Crippen molar-refractivity contribution >= 4 is 27.8 Å². The molecule has 1 spiro atoms. The van der Waals surface area contributed by atoms with Crippen LogP contribution in [0.3, 0.4) is 0 Å². The van der Waals surface area contributed by atoms with E-state index in [-0.39, 0.29) is 11.9 Å². The second-order valence-electron chi connectivity index (χ2n) is 6.43. The van der Waals surface area contributed by atoms with Crippen molar-refractivity contribution < 1.29 is 19.4 Å². The third-order valence-electron chi connectivity index (χ3n) is 5.23. The van der Waals surface area contributed by atoms with Crippen LogP contribution in [0.4, 0.5) is 0 Å². The molecule has 2 fully saturated rings. The van der Waals surface area contributed by atoms with Crippen LogP contribution in [0.15, 0.2) is 40.9 Å². The summed E-state index contributed by atoms with van der Waals surface area (Å²) in [5.41, 5.74) is 0.248. The highest BCUT2D eigenvalue weighted by molar-refractivity contribution is 9.10. The molecule has 5 nitrogen and oxygen atoms in total.